The van der Waals surface area contributed by atoms with E-state index in [1.807, 2.05) is 0 Å². The molecule has 0 aromatic heterocycles. The Labute approximate surface area is 123 Å². The zero-order valence-electron chi connectivity index (χ0n) is 11.9. The SMILES string of the molecule is Cc1ccc(S(=O)(=O)N[C@@H](C)[C@H]2CCCO2)cc1[N+](=O)[O-]. The van der Waals surface area contributed by atoms with Crippen molar-refractivity contribution in [3.63, 3.8) is 0 Å². The second-order valence-electron chi connectivity index (χ2n) is 5.17. The van der Waals surface area contributed by atoms with Crippen molar-refractivity contribution >= 4 is 15.7 Å². The average Bonchev–Trinajstić information content (AvgIpc) is 2.92. The zero-order valence-corrected chi connectivity index (χ0v) is 12.7. The fourth-order valence-electron chi connectivity index (χ4n) is 2.34. The fraction of sp³-hybridized carbons (Fsp3) is 0.538. The molecule has 0 amide bonds. The van der Waals surface area contributed by atoms with Gasteiger partial charge in [-0.05, 0) is 32.8 Å². The number of nitrogens with one attached hydrogen (secondary N) is 1. The number of ether oxygens (including phenoxy) is 1. The first-order chi connectivity index (χ1) is 9.81. The number of benzene rings is 1. The molecule has 8 heteroatoms. The molecule has 116 valence electrons. The van der Waals surface area contributed by atoms with Gasteiger partial charge in [0.1, 0.15) is 0 Å². The zero-order chi connectivity index (χ0) is 15.6. The van der Waals surface area contributed by atoms with Crippen molar-refractivity contribution in [2.75, 3.05) is 6.61 Å². The monoisotopic (exact) mass is 314 g/mol. The number of aryl methyl sites for hydroxylation is 1. The molecule has 0 spiro atoms. The predicted molar refractivity (Wildman–Crippen MR) is 76.6 cm³/mol. The Morgan fingerprint density at radius 2 is 2.19 bits per heavy atom. The molecule has 7 nitrogen and oxygen atoms in total. The van der Waals surface area contributed by atoms with Crippen LogP contribution >= 0.6 is 0 Å². The van der Waals surface area contributed by atoms with Gasteiger partial charge < -0.3 is 4.74 Å². The van der Waals surface area contributed by atoms with E-state index in [4.69, 9.17) is 4.74 Å². The third-order valence-electron chi connectivity index (χ3n) is 3.55. The third-order valence-corrected chi connectivity index (χ3v) is 5.11. The lowest BCUT2D eigenvalue weighted by atomic mass is 10.1. The molecular weight excluding hydrogens is 296 g/mol. The van der Waals surface area contributed by atoms with E-state index in [2.05, 4.69) is 4.72 Å². The van der Waals surface area contributed by atoms with Gasteiger partial charge in [-0.25, -0.2) is 13.1 Å². The van der Waals surface area contributed by atoms with Crippen LogP contribution in [0.3, 0.4) is 0 Å². The summed E-state index contributed by atoms with van der Waals surface area (Å²) in [7, 11) is -3.80. The molecule has 1 N–H and O–H groups in total. The fourth-order valence-corrected chi connectivity index (χ4v) is 3.63. The van der Waals surface area contributed by atoms with Crippen molar-refractivity contribution in [1.29, 1.82) is 0 Å². The van der Waals surface area contributed by atoms with Crippen LogP contribution in [0.2, 0.25) is 0 Å². The van der Waals surface area contributed by atoms with E-state index in [1.54, 1.807) is 13.8 Å². The second kappa shape index (κ2) is 6.08. The first kappa shape index (κ1) is 15.9. The molecule has 2 rings (SSSR count). The van der Waals surface area contributed by atoms with Crippen LogP contribution in [0.4, 0.5) is 5.69 Å². The topological polar surface area (TPSA) is 98.5 Å². The van der Waals surface area contributed by atoms with Crippen LogP contribution in [0.25, 0.3) is 0 Å². The van der Waals surface area contributed by atoms with E-state index in [-0.39, 0.29) is 22.7 Å². The van der Waals surface area contributed by atoms with E-state index in [9.17, 15) is 18.5 Å². The molecule has 1 aromatic rings. The van der Waals surface area contributed by atoms with Crippen LogP contribution in [-0.4, -0.2) is 32.1 Å². The summed E-state index contributed by atoms with van der Waals surface area (Å²) in [5.74, 6) is 0. The maximum Gasteiger partial charge on any atom is 0.273 e. The molecule has 1 aliphatic heterocycles. The number of sulfonamides is 1. The minimum Gasteiger partial charge on any atom is -0.377 e. The summed E-state index contributed by atoms with van der Waals surface area (Å²) in [6.45, 7) is 3.93. The standard InChI is InChI=1S/C13H18N2O5S/c1-9-5-6-11(8-12(9)15(16)17)21(18,19)14-10(2)13-4-3-7-20-13/h5-6,8,10,13-14H,3-4,7H2,1-2H3/t10-,13+/m0/s1. The van der Waals surface area contributed by atoms with Crippen molar-refractivity contribution in [1.82, 2.24) is 4.72 Å². The summed E-state index contributed by atoms with van der Waals surface area (Å²) >= 11 is 0. The van der Waals surface area contributed by atoms with Gasteiger partial charge >= 0.3 is 0 Å². The van der Waals surface area contributed by atoms with E-state index in [1.165, 1.54) is 12.1 Å². The molecule has 0 aliphatic carbocycles. The minimum atomic E-state index is -3.80. The molecule has 21 heavy (non-hydrogen) atoms. The number of hydrogen-bond donors (Lipinski definition) is 1. The molecule has 1 saturated heterocycles. The molecule has 0 saturated carbocycles. The summed E-state index contributed by atoms with van der Waals surface area (Å²) < 4.78 is 32.6. The van der Waals surface area contributed by atoms with Gasteiger partial charge in [-0.15, -0.1) is 0 Å². The molecule has 0 radical (unpaired) electrons. The van der Waals surface area contributed by atoms with Gasteiger partial charge in [0.2, 0.25) is 10.0 Å². The van der Waals surface area contributed by atoms with Crippen molar-refractivity contribution < 1.29 is 18.1 Å². The van der Waals surface area contributed by atoms with Gasteiger partial charge in [0.05, 0.1) is 15.9 Å². The lowest BCUT2D eigenvalue weighted by molar-refractivity contribution is -0.385. The van der Waals surface area contributed by atoms with Gasteiger partial charge in [0.15, 0.2) is 0 Å². The Morgan fingerprint density at radius 3 is 2.76 bits per heavy atom. The van der Waals surface area contributed by atoms with Crippen molar-refractivity contribution in [3.8, 4) is 0 Å². The van der Waals surface area contributed by atoms with Crippen LogP contribution in [0.1, 0.15) is 25.3 Å². The van der Waals surface area contributed by atoms with Gasteiger partial charge in [0.25, 0.3) is 5.69 Å². The third kappa shape index (κ3) is 3.58. The highest BCUT2D eigenvalue weighted by molar-refractivity contribution is 7.89. The Morgan fingerprint density at radius 1 is 1.48 bits per heavy atom. The van der Waals surface area contributed by atoms with Crippen LogP contribution in [0.5, 0.6) is 0 Å². The van der Waals surface area contributed by atoms with E-state index >= 15 is 0 Å². The Kier molecular flexibility index (Phi) is 4.60. The molecule has 1 heterocycles. The molecule has 0 unspecified atom stereocenters. The largest absolute Gasteiger partial charge is 0.377 e. The maximum atomic E-state index is 12.3. The smallest absolute Gasteiger partial charge is 0.273 e. The van der Waals surface area contributed by atoms with Crippen LogP contribution < -0.4 is 4.72 Å². The predicted octanol–water partition coefficient (Wildman–Crippen LogP) is 1.75. The molecule has 2 atom stereocenters. The molecule has 1 fully saturated rings. The second-order valence-corrected chi connectivity index (χ2v) is 6.88. The Balaban J connectivity index is 2.23. The lowest BCUT2D eigenvalue weighted by Gasteiger charge is -2.19. The van der Waals surface area contributed by atoms with Gasteiger partial charge in [-0.3, -0.25) is 10.1 Å². The Bertz CT molecular complexity index is 638. The highest BCUT2D eigenvalue weighted by Crippen LogP contribution is 2.23. The number of nitro groups is 1. The first-order valence-electron chi connectivity index (χ1n) is 6.70. The Hall–Kier alpha value is -1.51. The van der Waals surface area contributed by atoms with Crippen molar-refractivity contribution in [3.05, 3.63) is 33.9 Å². The molecule has 1 aliphatic rings. The summed E-state index contributed by atoms with van der Waals surface area (Å²) in [4.78, 5) is 10.2. The summed E-state index contributed by atoms with van der Waals surface area (Å²) in [5.41, 5.74) is 0.216. The quantitative estimate of drug-likeness (QED) is 0.659. The van der Waals surface area contributed by atoms with Gasteiger partial charge in [-0.2, -0.15) is 0 Å². The molecule has 0 bridgehead atoms. The van der Waals surface area contributed by atoms with E-state index in [0.29, 0.717) is 12.2 Å². The van der Waals surface area contributed by atoms with Crippen molar-refractivity contribution in [2.45, 2.75) is 43.7 Å². The number of rotatable bonds is 5. The maximum absolute atomic E-state index is 12.3. The van der Waals surface area contributed by atoms with E-state index < -0.39 is 14.9 Å². The van der Waals surface area contributed by atoms with Crippen LogP contribution in [-0.2, 0) is 14.8 Å². The summed E-state index contributed by atoms with van der Waals surface area (Å²) in [6.07, 6.45) is 1.56. The normalized spacial score (nSPS) is 20.4. The minimum absolute atomic E-state index is 0.107. The highest BCUT2D eigenvalue weighted by atomic mass is 32.2. The number of hydrogen-bond acceptors (Lipinski definition) is 5. The number of nitro benzene ring substituents is 1. The summed E-state index contributed by atoms with van der Waals surface area (Å²) in [5, 5.41) is 10.9. The highest BCUT2D eigenvalue weighted by Gasteiger charge is 2.28. The van der Waals surface area contributed by atoms with Crippen LogP contribution in [0.15, 0.2) is 23.1 Å². The summed E-state index contributed by atoms with van der Waals surface area (Å²) in [6, 6.07) is 3.51. The average molecular weight is 314 g/mol. The molecular formula is C13H18N2O5S. The van der Waals surface area contributed by atoms with Crippen molar-refractivity contribution in [2.24, 2.45) is 0 Å². The van der Waals surface area contributed by atoms with Gasteiger partial charge in [0, 0.05) is 24.3 Å². The lowest BCUT2D eigenvalue weighted by Crippen LogP contribution is -2.40. The van der Waals surface area contributed by atoms with Gasteiger partial charge in [-0.1, -0.05) is 6.07 Å². The number of nitrogens with zero attached hydrogens (tertiary/aromatic N) is 1. The van der Waals surface area contributed by atoms with E-state index in [0.717, 1.165) is 18.9 Å². The van der Waals surface area contributed by atoms with Crippen LogP contribution in [0, 0.1) is 17.0 Å². The first-order valence-corrected chi connectivity index (χ1v) is 8.18. The molecule has 1 aromatic carbocycles.